The van der Waals surface area contributed by atoms with E-state index in [9.17, 15) is 4.79 Å². The molecule has 2 saturated heterocycles. The van der Waals surface area contributed by atoms with Crippen molar-refractivity contribution in [2.75, 3.05) is 25.0 Å². The lowest BCUT2D eigenvalue weighted by atomic mass is 9.69. The third kappa shape index (κ3) is 2.26. The minimum Gasteiger partial charge on any atom is -0.368 e. The molecule has 0 aromatic carbocycles. The number of nitrogens with zero attached hydrogens (tertiary/aromatic N) is 3. The van der Waals surface area contributed by atoms with Crippen molar-refractivity contribution in [2.45, 2.75) is 44.2 Å². The van der Waals surface area contributed by atoms with E-state index in [4.69, 9.17) is 4.74 Å². The highest BCUT2D eigenvalue weighted by atomic mass is 16.5. The van der Waals surface area contributed by atoms with Crippen LogP contribution < -0.4 is 5.32 Å². The summed E-state index contributed by atoms with van der Waals surface area (Å²) in [6, 6.07) is 1.89. The minimum atomic E-state index is -0.218. The number of likely N-dealkylation sites (tertiary alicyclic amines) is 1. The summed E-state index contributed by atoms with van der Waals surface area (Å²) < 4.78 is 5.55. The Balaban J connectivity index is 1.47. The van der Waals surface area contributed by atoms with Crippen LogP contribution in [0.2, 0.25) is 0 Å². The van der Waals surface area contributed by atoms with Gasteiger partial charge in [-0.05, 0) is 38.7 Å². The van der Waals surface area contributed by atoms with Crippen molar-refractivity contribution < 1.29 is 9.53 Å². The Morgan fingerprint density at radius 1 is 1.50 bits per heavy atom. The van der Waals surface area contributed by atoms with Gasteiger partial charge in [-0.25, -0.2) is 9.97 Å². The van der Waals surface area contributed by atoms with Crippen LogP contribution in [0.15, 0.2) is 12.3 Å². The summed E-state index contributed by atoms with van der Waals surface area (Å²) in [4.78, 5) is 23.3. The second-order valence-electron chi connectivity index (χ2n) is 6.76. The van der Waals surface area contributed by atoms with E-state index in [0.717, 1.165) is 44.5 Å². The molecule has 1 saturated carbocycles. The number of anilines is 1. The second-order valence-corrected chi connectivity index (χ2v) is 6.76. The van der Waals surface area contributed by atoms with E-state index in [1.165, 1.54) is 0 Å². The largest absolute Gasteiger partial charge is 0.368 e. The Labute approximate surface area is 130 Å². The molecule has 118 valence electrons. The molecule has 0 radical (unpaired) electrons. The first kappa shape index (κ1) is 13.9. The summed E-state index contributed by atoms with van der Waals surface area (Å²) in [6.45, 7) is 4.25. The normalized spacial score (nSPS) is 33.4. The molecule has 1 aromatic rings. The molecule has 6 nitrogen and oxygen atoms in total. The second kappa shape index (κ2) is 5.19. The monoisotopic (exact) mass is 302 g/mol. The van der Waals surface area contributed by atoms with E-state index in [-0.39, 0.29) is 17.6 Å². The molecule has 1 aromatic heterocycles. The van der Waals surface area contributed by atoms with Gasteiger partial charge < -0.3 is 15.0 Å². The molecule has 2 unspecified atom stereocenters. The molecule has 3 heterocycles. The summed E-state index contributed by atoms with van der Waals surface area (Å²) in [6.07, 6.45) is 5.65. The highest BCUT2D eigenvalue weighted by Gasteiger charge is 2.55. The van der Waals surface area contributed by atoms with Gasteiger partial charge >= 0.3 is 0 Å². The molecule has 0 bridgehead atoms. The van der Waals surface area contributed by atoms with E-state index < -0.39 is 0 Å². The number of nitrogens with one attached hydrogen (secondary N) is 1. The molecule has 3 fully saturated rings. The number of carbonyl (C=O) groups is 1. The molecular formula is C16H22N4O2. The fraction of sp³-hybridized carbons (Fsp3) is 0.688. The number of rotatable bonds is 3. The van der Waals surface area contributed by atoms with Gasteiger partial charge in [0.25, 0.3) is 5.91 Å². The first-order valence-electron chi connectivity index (χ1n) is 8.14. The average Bonchev–Trinajstić information content (AvgIpc) is 3.09. The maximum atomic E-state index is 12.6. The quantitative estimate of drug-likeness (QED) is 0.913. The number of ether oxygens (including phenoxy) is 1. The fourth-order valence-corrected chi connectivity index (χ4v) is 3.92. The van der Waals surface area contributed by atoms with Crippen molar-refractivity contribution in [1.82, 2.24) is 14.9 Å². The third-order valence-corrected chi connectivity index (χ3v) is 5.31. The SMILES string of the molecule is Cc1ccnc(NC23CCC2CN(C(=O)[C@H]2CCCO2)C3)n1. The van der Waals surface area contributed by atoms with E-state index in [0.29, 0.717) is 18.5 Å². The predicted molar refractivity (Wildman–Crippen MR) is 81.4 cm³/mol. The van der Waals surface area contributed by atoms with Crippen LogP contribution in [0.1, 0.15) is 31.4 Å². The molecule has 6 heteroatoms. The van der Waals surface area contributed by atoms with Gasteiger partial charge in [-0.1, -0.05) is 0 Å². The molecule has 3 aliphatic rings. The Morgan fingerprint density at radius 2 is 2.41 bits per heavy atom. The Bertz CT molecular complexity index is 587. The maximum Gasteiger partial charge on any atom is 0.251 e. The van der Waals surface area contributed by atoms with Gasteiger partial charge in [0.2, 0.25) is 5.95 Å². The zero-order valence-electron chi connectivity index (χ0n) is 12.9. The smallest absolute Gasteiger partial charge is 0.251 e. The van der Waals surface area contributed by atoms with Crippen LogP contribution in [0.25, 0.3) is 0 Å². The van der Waals surface area contributed by atoms with Crippen molar-refractivity contribution in [2.24, 2.45) is 5.92 Å². The highest BCUT2D eigenvalue weighted by Crippen LogP contribution is 2.46. The molecule has 0 spiro atoms. The Hall–Kier alpha value is -1.69. The van der Waals surface area contributed by atoms with E-state index >= 15 is 0 Å². The number of fused-ring (bicyclic) bond motifs is 1. The Kier molecular flexibility index (Phi) is 3.29. The van der Waals surface area contributed by atoms with Gasteiger partial charge in [-0.3, -0.25) is 4.79 Å². The highest BCUT2D eigenvalue weighted by molar-refractivity contribution is 5.82. The topological polar surface area (TPSA) is 67.4 Å². The first-order chi connectivity index (χ1) is 10.7. The van der Waals surface area contributed by atoms with Gasteiger partial charge in [0.15, 0.2) is 0 Å². The third-order valence-electron chi connectivity index (χ3n) is 5.31. The zero-order valence-corrected chi connectivity index (χ0v) is 12.9. The van der Waals surface area contributed by atoms with Crippen molar-refractivity contribution in [3.63, 3.8) is 0 Å². The lowest BCUT2D eigenvalue weighted by Crippen LogP contribution is -2.54. The van der Waals surface area contributed by atoms with Crippen molar-refractivity contribution in [3.8, 4) is 0 Å². The van der Waals surface area contributed by atoms with Crippen LogP contribution in [-0.4, -0.2) is 52.1 Å². The Morgan fingerprint density at radius 3 is 3.09 bits per heavy atom. The summed E-state index contributed by atoms with van der Waals surface area (Å²) in [5.74, 6) is 1.34. The van der Waals surface area contributed by atoms with Crippen LogP contribution >= 0.6 is 0 Å². The van der Waals surface area contributed by atoms with Crippen LogP contribution in [0.5, 0.6) is 0 Å². The number of amides is 1. The molecule has 3 atom stereocenters. The fourth-order valence-electron chi connectivity index (χ4n) is 3.92. The lowest BCUT2D eigenvalue weighted by molar-refractivity contribution is -0.140. The number of aromatic nitrogens is 2. The maximum absolute atomic E-state index is 12.6. The minimum absolute atomic E-state index is 0.0396. The summed E-state index contributed by atoms with van der Waals surface area (Å²) >= 11 is 0. The summed E-state index contributed by atoms with van der Waals surface area (Å²) in [7, 11) is 0. The predicted octanol–water partition coefficient (Wildman–Crippen LogP) is 1.37. The van der Waals surface area contributed by atoms with Gasteiger partial charge in [0.05, 0.1) is 5.54 Å². The molecular weight excluding hydrogens is 280 g/mol. The lowest BCUT2D eigenvalue weighted by Gasteiger charge is -2.44. The van der Waals surface area contributed by atoms with Gasteiger partial charge in [-0.2, -0.15) is 0 Å². The summed E-state index contributed by atoms with van der Waals surface area (Å²) in [5, 5.41) is 3.51. The van der Waals surface area contributed by atoms with Crippen LogP contribution in [0, 0.1) is 12.8 Å². The zero-order chi connectivity index (χ0) is 15.2. The molecule has 2 aliphatic heterocycles. The standard InChI is InChI=1S/C16H22N4O2/c1-11-5-7-17-15(18-11)19-16-6-4-12(16)9-20(10-16)14(21)13-3-2-8-22-13/h5,7,12-13H,2-4,6,8-10H2,1H3,(H,17,18,19)/t12?,13-,16?/m1/s1. The number of carbonyl (C=O) groups excluding carboxylic acids is 1. The van der Waals surface area contributed by atoms with E-state index in [2.05, 4.69) is 15.3 Å². The number of hydrogen-bond acceptors (Lipinski definition) is 5. The van der Waals surface area contributed by atoms with Gasteiger partial charge in [0, 0.05) is 37.5 Å². The average molecular weight is 302 g/mol. The van der Waals surface area contributed by atoms with Crippen LogP contribution in [0.3, 0.4) is 0 Å². The van der Waals surface area contributed by atoms with Crippen molar-refractivity contribution in [3.05, 3.63) is 18.0 Å². The van der Waals surface area contributed by atoms with Crippen LogP contribution in [-0.2, 0) is 9.53 Å². The molecule has 1 amide bonds. The van der Waals surface area contributed by atoms with Gasteiger partial charge in [0.1, 0.15) is 6.10 Å². The number of hydrogen-bond donors (Lipinski definition) is 1. The van der Waals surface area contributed by atoms with Gasteiger partial charge in [-0.15, -0.1) is 0 Å². The molecule has 1 aliphatic carbocycles. The summed E-state index contributed by atoms with van der Waals surface area (Å²) in [5.41, 5.74) is 0.914. The van der Waals surface area contributed by atoms with Crippen molar-refractivity contribution in [1.29, 1.82) is 0 Å². The number of aryl methyl sites for hydroxylation is 1. The van der Waals surface area contributed by atoms with E-state index in [1.807, 2.05) is 17.9 Å². The van der Waals surface area contributed by atoms with E-state index in [1.54, 1.807) is 6.20 Å². The van der Waals surface area contributed by atoms with Crippen molar-refractivity contribution >= 4 is 11.9 Å². The molecule has 1 N–H and O–H groups in total. The first-order valence-corrected chi connectivity index (χ1v) is 8.14. The molecule has 4 rings (SSSR count). The molecule has 22 heavy (non-hydrogen) atoms. The van der Waals surface area contributed by atoms with Crippen LogP contribution in [0.4, 0.5) is 5.95 Å².